The van der Waals surface area contributed by atoms with Crippen LogP contribution in [0.15, 0.2) is 109 Å². The van der Waals surface area contributed by atoms with Gasteiger partial charge in [0.2, 0.25) is 11.8 Å². The fourth-order valence-corrected chi connectivity index (χ4v) is 4.65. The molecule has 38 heavy (non-hydrogen) atoms. The zero-order valence-electron chi connectivity index (χ0n) is 21.0. The topological polar surface area (TPSA) is 49.4 Å². The van der Waals surface area contributed by atoms with E-state index in [0.717, 1.165) is 22.3 Å². The van der Waals surface area contributed by atoms with E-state index in [1.54, 1.807) is 23.1 Å². The summed E-state index contributed by atoms with van der Waals surface area (Å²) in [5, 5.41) is 4.23. The lowest BCUT2D eigenvalue weighted by Crippen LogP contribution is -2.50. The number of carbonyl (C=O) groups is 2. The molecule has 0 spiro atoms. The lowest BCUT2D eigenvalue weighted by molar-refractivity contribution is -0.141. The minimum atomic E-state index is -0.709. The maximum Gasteiger partial charge on any atom is 0.243 e. The van der Waals surface area contributed by atoms with Crippen molar-refractivity contribution in [2.24, 2.45) is 0 Å². The predicted octanol–water partition coefficient (Wildman–Crippen LogP) is 6.88. The van der Waals surface area contributed by atoms with E-state index in [1.165, 1.54) is 0 Å². The maximum atomic E-state index is 13.8. The van der Waals surface area contributed by atoms with E-state index < -0.39 is 6.04 Å². The Morgan fingerprint density at radius 3 is 1.97 bits per heavy atom. The van der Waals surface area contributed by atoms with Crippen LogP contribution in [0.1, 0.15) is 28.7 Å². The summed E-state index contributed by atoms with van der Waals surface area (Å²) < 4.78 is 0. The molecule has 1 N–H and O–H groups in total. The summed E-state index contributed by atoms with van der Waals surface area (Å²) in [6, 6.07) is 33.7. The second-order valence-electron chi connectivity index (χ2n) is 9.15. The highest BCUT2D eigenvalue weighted by Crippen LogP contribution is 2.19. The van der Waals surface area contributed by atoms with Crippen molar-refractivity contribution in [3.63, 3.8) is 0 Å². The number of nitrogens with zero attached hydrogens (tertiary/aromatic N) is 1. The van der Waals surface area contributed by atoms with Gasteiger partial charge < -0.3 is 10.2 Å². The van der Waals surface area contributed by atoms with Crippen molar-refractivity contribution in [3.05, 3.63) is 141 Å². The molecule has 0 unspecified atom stereocenters. The quantitative estimate of drug-likeness (QED) is 0.223. The van der Waals surface area contributed by atoms with Gasteiger partial charge in [-0.05, 0) is 46.9 Å². The van der Waals surface area contributed by atoms with Crippen LogP contribution in [0.5, 0.6) is 0 Å². The van der Waals surface area contributed by atoms with E-state index in [2.05, 4.69) is 5.32 Å². The van der Waals surface area contributed by atoms with E-state index in [9.17, 15) is 9.59 Å². The van der Waals surface area contributed by atoms with Crippen molar-refractivity contribution < 1.29 is 9.59 Å². The van der Waals surface area contributed by atoms with Crippen molar-refractivity contribution in [2.45, 2.75) is 38.4 Å². The molecule has 0 bridgehead atoms. The molecule has 0 aliphatic rings. The van der Waals surface area contributed by atoms with E-state index in [0.29, 0.717) is 35.9 Å². The second-order valence-corrected chi connectivity index (χ2v) is 9.99. The van der Waals surface area contributed by atoms with Crippen molar-refractivity contribution in [2.75, 3.05) is 0 Å². The van der Waals surface area contributed by atoms with Gasteiger partial charge in [-0.25, -0.2) is 0 Å². The van der Waals surface area contributed by atoms with E-state index >= 15 is 0 Å². The molecule has 2 amide bonds. The summed E-state index contributed by atoms with van der Waals surface area (Å²) in [5.74, 6) is -0.312. The Morgan fingerprint density at radius 2 is 1.32 bits per heavy atom. The van der Waals surface area contributed by atoms with Crippen LogP contribution in [0.2, 0.25) is 10.0 Å². The summed E-state index contributed by atoms with van der Waals surface area (Å²) in [6.07, 6.45) is 1.27. The molecule has 194 valence electrons. The van der Waals surface area contributed by atoms with Crippen LogP contribution < -0.4 is 5.32 Å². The summed E-state index contributed by atoms with van der Waals surface area (Å²) >= 11 is 12.4. The highest BCUT2D eigenvalue weighted by molar-refractivity contribution is 6.31. The van der Waals surface area contributed by atoms with Gasteiger partial charge in [0, 0.05) is 36.0 Å². The molecule has 4 rings (SSSR count). The Morgan fingerprint density at radius 1 is 0.711 bits per heavy atom. The number of amides is 2. The van der Waals surface area contributed by atoms with E-state index in [-0.39, 0.29) is 18.4 Å². The van der Waals surface area contributed by atoms with Crippen molar-refractivity contribution >= 4 is 35.0 Å². The molecule has 0 aliphatic heterocycles. The smallest absolute Gasteiger partial charge is 0.243 e. The summed E-state index contributed by atoms with van der Waals surface area (Å²) in [4.78, 5) is 29.2. The number of halogens is 2. The number of aryl methyl sites for hydroxylation is 1. The highest BCUT2D eigenvalue weighted by atomic mass is 35.5. The van der Waals surface area contributed by atoms with Gasteiger partial charge in [0.15, 0.2) is 0 Å². The average molecular weight is 546 g/mol. The molecule has 0 aliphatic carbocycles. The number of benzene rings is 4. The molecule has 0 heterocycles. The molecule has 1 atom stereocenters. The number of hydrogen-bond donors (Lipinski definition) is 1. The monoisotopic (exact) mass is 544 g/mol. The van der Waals surface area contributed by atoms with Crippen LogP contribution in [0, 0.1) is 0 Å². The molecule has 0 fully saturated rings. The van der Waals surface area contributed by atoms with Crippen molar-refractivity contribution in [1.82, 2.24) is 10.2 Å². The Hall–Kier alpha value is -3.60. The average Bonchev–Trinajstić information content (AvgIpc) is 2.95. The van der Waals surface area contributed by atoms with Gasteiger partial charge in [-0.3, -0.25) is 9.59 Å². The zero-order valence-corrected chi connectivity index (χ0v) is 22.5. The minimum absolute atomic E-state index is 0.0855. The van der Waals surface area contributed by atoms with Crippen molar-refractivity contribution in [3.8, 4) is 0 Å². The highest BCUT2D eigenvalue weighted by Gasteiger charge is 2.30. The third-order valence-electron chi connectivity index (χ3n) is 6.42. The summed E-state index contributed by atoms with van der Waals surface area (Å²) in [5.41, 5.74) is 3.78. The fourth-order valence-electron chi connectivity index (χ4n) is 4.32. The van der Waals surface area contributed by atoms with Crippen LogP contribution in [0.25, 0.3) is 0 Å². The molecule has 4 aromatic rings. The lowest BCUT2D eigenvalue weighted by Gasteiger charge is -2.32. The van der Waals surface area contributed by atoms with Crippen LogP contribution in [0.3, 0.4) is 0 Å². The van der Waals surface area contributed by atoms with Gasteiger partial charge in [0.1, 0.15) is 6.04 Å². The molecule has 0 radical (unpaired) electrons. The summed E-state index contributed by atoms with van der Waals surface area (Å²) in [6.45, 7) is 0.568. The van der Waals surface area contributed by atoms with Gasteiger partial charge in [0.25, 0.3) is 0 Å². The van der Waals surface area contributed by atoms with E-state index in [4.69, 9.17) is 23.2 Å². The van der Waals surface area contributed by atoms with Gasteiger partial charge in [-0.2, -0.15) is 0 Å². The fraction of sp³-hybridized carbons (Fsp3) is 0.188. The van der Waals surface area contributed by atoms with E-state index in [1.807, 2.05) is 91.0 Å². The number of hydrogen-bond acceptors (Lipinski definition) is 2. The Labute approximate surface area is 234 Å². The molecule has 0 saturated carbocycles. The first-order chi connectivity index (χ1) is 18.5. The molecule has 0 saturated heterocycles. The zero-order chi connectivity index (χ0) is 26.7. The van der Waals surface area contributed by atoms with Crippen LogP contribution in [-0.4, -0.2) is 22.8 Å². The molecule has 4 nitrogen and oxygen atoms in total. The largest absolute Gasteiger partial charge is 0.350 e. The number of rotatable bonds is 11. The molecule has 4 aromatic carbocycles. The predicted molar refractivity (Wildman–Crippen MR) is 154 cm³/mol. The molecular weight excluding hydrogens is 515 g/mol. The Balaban J connectivity index is 1.61. The Kier molecular flexibility index (Phi) is 9.97. The minimum Gasteiger partial charge on any atom is -0.350 e. The number of carbonyl (C=O) groups excluding carboxylic acids is 2. The third-order valence-corrected chi connectivity index (χ3v) is 7.04. The molecule has 6 heteroatoms. The van der Waals surface area contributed by atoms with Gasteiger partial charge >= 0.3 is 0 Å². The first-order valence-corrected chi connectivity index (χ1v) is 13.4. The van der Waals surface area contributed by atoms with Crippen LogP contribution >= 0.6 is 23.2 Å². The first kappa shape index (κ1) is 27.4. The molecule has 0 aromatic heterocycles. The number of nitrogens with one attached hydrogen (secondary N) is 1. The van der Waals surface area contributed by atoms with Gasteiger partial charge in [0.05, 0.1) is 0 Å². The second kappa shape index (κ2) is 13.8. The van der Waals surface area contributed by atoms with Crippen LogP contribution in [0.4, 0.5) is 0 Å². The standard InChI is InChI=1S/C32H30Cl2N2O2/c33-28-18-15-26(16-19-28)23-36(31(37)20-17-24-9-3-1-4-10-24)30(21-25-11-5-2-6-12-25)32(38)35-22-27-13-7-8-14-29(27)34/h1-16,18-19,30H,17,20-23H2,(H,35,38)/t30-/m1/s1. The Bertz CT molecular complexity index is 1330. The third kappa shape index (κ3) is 7.95. The summed E-state index contributed by atoms with van der Waals surface area (Å²) in [7, 11) is 0. The first-order valence-electron chi connectivity index (χ1n) is 12.6. The lowest BCUT2D eigenvalue weighted by atomic mass is 10.0. The maximum absolute atomic E-state index is 13.8. The normalized spacial score (nSPS) is 11.5. The van der Waals surface area contributed by atoms with Crippen LogP contribution in [-0.2, 0) is 35.5 Å². The van der Waals surface area contributed by atoms with Crippen molar-refractivity contribution in [1.29, 1.82) is 0 Å². The van der Waals surface area contributed by atoms with Gasteiger partial charge in [-0.15, -0.1) is 0 Å². The molecular formula is C32H30Cl2N2O2. The van der Waals surface area contributed by atoms with Gasteiger partial charge in [-0.1, -0.05) is 114 Å². The SMILES string of the molecule is O=C(NCc1ccccc1Cl)[C@@H](Cc1ccccc1)N(Cc1ccc(Cl)cc1)C(=O)CCc1ccccc1.